The molecule has 1 aliphatic heterocycles. The first-order valence-electron chi connectivity index (χ1n) is 7.09. The number of amides is 1. The van der Waals surface area contributed by atoms with Crippen LogP contribution in [0.3, 0.4) is 0 Å². The molecule has 4 rings (SSSR count). The molecule has 3 aromatic rings. The minimum Gasteiger partial charge on any atom is -0.508 e. The molecule has 1 aliphatic rings. The predicted molar refractivity (Wildman–Crippen MR) is 81.0 cm³/mol. The lowest BCUT2D eigenvalue weighted by molar-refractivity contribution is 0.0959. The molecule has 2 heterocycles. The van der Waals surface area contributed by atoms with Crippen LogP contribution in [0, 0.1) is 11.6 Å². The highest BCUT2D eigenvalue weighted by Gasteiger charge is 2.33. The topological polar surface area (TPSA) is 82.2 Å². The number of phenolic OH excluding ortho intramolecular Hbond substituents is 1. The van der Waals surface area contributed by atoms with Gasteiger partial charge in [0, 0.05) is 28.1 Å². The Hall–Kier alpha value is -3.22. The first-order valence-corrected chi connectivity index (χ1v) is 7.09. The smallest absolute Gasteiger partial charge is 0.252 e. The molecule has 0 aliphatic carbocycles. The summed E-state index contributed by atoms with van der Waals surface area (Å²) >= 11 is 0. The van der Waals surface area contributed by atoms with Gasteiger partial charge in [0.1, 0.15) is 5.75 Å². The minimum absolute atomic E-state index is 0.0417. The predicted octanol–water partition coefficient (Wildman–Crippen LogP) is 2.80. The zero-order valence-corrected chi connectivity index (χ0v) is 12.1. The Labute approximate surface area is 133 Å². The molecule has 0 bridgehead atoms. The number of benzene rings is 2. The number of aromatic nitrogens is 1. The lowest BCUT2D eigenvalue weighted by Crippen LogP contribution is -2.20. The third kappa shape index (κ3) is 1.91. The van der Waals surface area contributed by atoms with Crippen LogP contribution in [0.25, 0.3) is 10.9 Å². The molecule has 7 heteroatoms. The Balaban J connectivity index is 2.01. The second kappa shape index (κ2) is 4.89. The van der Waals surface area contributed by atoms with Crippen LogP contribution in [0.1, 0.15) is 38.0 Å². The van der Waals surface area contributed by atoms with Crippen molar-refractivity contribution >= 4 is 23.1 Å². The maximum atomic E-state index is 13.7. The number of nitrogens with one attached hydrogen (secondary N) is 2. The summed E-state index contributed by atoms with van der Waals surface area (Å²) < 4.78 is 27.1. The summed E-state index contributed by atoms with van der Waals surface area (Å²) in [6.07, 6.45) is 0.526. The van der Waals surface area contributed by atoms with Crippen LogP contribution < -0.4 is 5.32 Å². The fourth-order valence-corrected chi connectivity index (χ4v) is 3.14. The quantitative estimate of drug-likeness (QED) is 0.633. The van der Waals surface area contributed by atoms with Gasteiger partial charge in [-0.15, -0.1) is 0 Å². The van der Waals surface area contributed by atoms with Gasteiger partial charge < -0.3 is 15.4 Å². The van der Waals surface area contributed by atoms with Gasteiger partial charge in [-0.3, -0.25) is 9.59 Å². The summed E-state index contributed by atoms with van der Waals surface area (Å²) in [6.45, 7) is 0. The maximum absolute atomic E-state index is 13.7. The van der Waals surface area contributed by atoms with Crippen LogP contribution in [0.5, 0.6) is 5.75 Å². The third-order valence-electron chi connectivity index (χ3n) is 4.18. The Morgan fingerprint density at radius 1 is 1.12 bits per heavy atom. The van der Waals surface area contributed by atoms with E-state index >= 15 is 0 Å². The number of hydrogen-bond donors (Lipinski definition) is 3. The largest absolute Gasteiger partial charge is 0.508 e. The number of phenols is 1. The van der Waals surface area contributed by atoms with Crippen LogP contribution in [0.2, 0.25) is 0 Å². The van der Waals surface area contributed by atoms with Crippen LogP contribution >= 0.6 is 0 Å². The summed E-state index contributed by atoms with van der Waals surface area (Å²) in [5.74, 6) is -2.51. The van der Waals surface area contributed by atoms with E-state index in [0.717, 1.165) is 12.1 Å². The summed E-state index contributed by atoms with van der Waals surface area (Å²) in [6, 6.07) is 5.45. The van der Waals surface area contributed by atoms with Gasteiger partial charge in [0.25, 0.3) is 5.91 Å². The number of aldehydes is 1. The Morgan fingerprint density at radius 3 is 2.62 bits per heavy atom. The van der Waals surface area contributed by atoms with Crippen molar-refractivity contribution in [3.05, 3.63) is 64.4 Å². The first kappa shape index (κ1) is 14.4. The molecule has 120 valence electrons. The number of rotatable bonds is 2. The van der Waals surface area contributed by atoms with Crippen LogP contribution in [0.4, 0.5) is 8.78 Å². The Morgan fingerprint density at radius 2 is 1.88 bits per heavy atom. The van der Waals surface area contributed by atoms with Gasteiger partial charge in [0.2, 0.25) is 0 Å². The normalized spacial score (nSPS) is 16.2. The molecule has 1 amide bonds. The summed E-state index contributed by atoms with van der Waals surface area (Å²) in [7, 11) is 0. The summed E-state index contributed by atoms with van der Waals surface area (Å²) in [5, 5.41) is 12.7. The van der Waals surface area contributed by atoms with Crippen molar-refractivity contribution in [3.63, 3.8) is 0 Å². The zero-order chi connectivity index (χ0) is 17.0. The van der Waals surface area contributed by atoms with Crippen molar-refractivity contribution in [2.24, 2.45) is 0 Å². The number of carbonyl (C=O) groups is 2. The average molecular weight is 328 g/mol. The minimum atomic E-state index is -1.05. The van der Waals surface area contributed by atoms with E-state index in [2.05, 4.69) is 10.3 Å². The van der Waals surface area contributed by atoms with Crippen molar-refractivity contribution in [1.82, 2.24) is 10.3 Å². The molecule has 1 unspecified atom stereocenters. The molecule has 0 saturated heterocycles. The number of hydrogen-bond acceptors (Lipinski definition) is 3. The highest BCUT2D eigenvalue weighted by molar-refractivity contribution is 6.02. The Kier molecular flexibility index (Phi) is 2.93. The molecule has 0 fully saturated rings. The van der Waals surface area contributed by atoms with E-state index in [9.17, 15) is 23.5 Å². The van der Waals surface area contributed by atoms with E-state index in [1.807, 2.05) is 0 Å². The number of aromatic hydroxyl groups is 1. The zero-order valence-electron chi connectivity index (χ0n) is 12.1. The van der Waals surface area contributed by atoms with E-state index in [0.29, 0.717) is 23.0 Å². The van der Waals surface area contributed by atoms with E-state index in [-0.39, 0.29) is 28.3 Å². The molecule has 3 N–H and O–H groups in total. The van der Waals surface area contributed by atoms with E-state index in [4.69, 9.17) is 0 Å². The molecule has 24 heavy (non-hydrogen) atoms. The molecule has 0 radical (unpaired) electrons. The van der Waals surface area contributed by atoms with Crippen molar-refractivity contribution in [3.8, 4) is 5.75 Å². The molecule has 5 nitrogen and oxygen atoms in total. The fraction of sp³-hybridized carbons (Fsp3) is 0.0588. The fourth-order valence-electron chi connectivity index (χ4n) is 3.14. The second-order valence-electron chi connectivity index (χ2n) is 5.56. The molecule has 2 aromatic carbocycles. The second-order valence-corrected chi connectivity index (χ2v) is 5.56. The number of halogens is 2. The highest BCUT2D eigenvalue weighted by Crippen LogP contribution is 2.38. The van der Waals surface area contributed by atoms with Crippen LogP contribution in [0.15, 0.2) is 30.3 Å². The average Bonchev–Trinajstić information content (AvgIpc) is 3.05. The van der Waals surface area contributed by atoms with Gasteiger partial charge in [-0.05, 0) is 29.8 Å². The van der Waals surface area contributed by atoms with Gasteiger partial charge in [0.15, 0.2) is 17.9 Å². The maximum Gasteiger partial charge on any atom is 0.252 e. The van der Waals surface area contributed by atoms with Gasteiger partial charge in [0.05, 0.1) is 11.7 Å². The SMILES string of the molecule is O=Cc1[nH]c2cc(F)c(F)cc2c1C1NC(=O)c2ccc(O)cc21. The lowest BCUT2D eigenvalue weighted by atomic mass is 9.95. The van der Waals surface area contributed by atoms with Crippen molar-refractivity contribution < 1.29 is 23.5 Å². The summed E-state index contributed by atoms with van der Waals surface area (Å²) in [5.41, 5.74) is 1.50. The number of aromatic amines is 1. The third-order valence-corrected chi connectivity index (χ3v) is 4.18. The molecule has 1 aromatic heterocycles. The molecule has 0 saturated carbocycles. The molecular formula is C17H10F2N2O3. The van der Waals surface area contributed by atoms with Crippen LogP contribution in [-0.2, 0) is 0 Å². The lowest BCUT2D eigenvalue weighted by Gasteiger charge is -2.12. The Bertz CT molecular complexity index is 1030. The van der Waals surface area contributed by atoms with Crippen molar-refractivity contribution in [2.45, 2.75) is 6.04 Å². The first-order chi connectivity index (χ1) is 11.5. The number of fused-ring (bicyclic) bond motifs is 2. The highest BCUT2D eigenvalue weighted by atomic mass is 19.2. The summed E-state index contributed by atoms with van der Waals surface area (Å²) in [4.78, 5) is 26.2. The van der Waals surface area contributed by atoms with Crippen molar-refractivity contribution in [2.75, 3.05) is 0 Å². The van der Waals surface area contributed by atoms with Crippen LogP contribution in [-0.4, -0.2) is 22.3 Å². The number of carbonyl (C=O) groups excluding carboxylic acids is 2. The van der Waals surface area contributed by atoms with Gasteiger partial charge >= 0.3 is 0 Å². The standard InChI is InChI=1S/C17H10F2N2O3/c18-11-4-10-13(5-12(11)19)20-14(6-22)15(10)16-9-3-7(23)1-2-8(9)17(24)21-16/h1-6,16,20,23H,(H,21,24). The van der Waals surface area contributed by atoms with Gasteiger partial charge in [-0.1, -0.05) is 0 Å². The van der Waals surface area contributed by atoms with E-state index in [1.54, 1.807) is 0 Å². The molecule has 1 atom stereocenters. The molecule has 0 spiro atoms. The van der Waals surface area contributed by atoms with E-state index in [1.165, 1.54) is 18.2 Å². The number of H-pyrrole nitrogens is 1. The van der Waals surface area contributed by atoms with E-state index < -0.39 is 17.7 Å². The van der Waals surface area contributed by atoms with Gasteiger partial charge in [-0.2, -0.15) is 0 Å². The molecular weight excluding hydrogens is 318 g/mol. The monoisotopic (exact) mass is 328 g/mol. The van der Waals surface area contributed by atoms with Gasteiger partial charge in [-0.25, -0.2) is 8.78 Å². The van der Waals surface area contributed by atoms with Crippen molar-refractivity contribution in [1.29, 1.82) is 0 Å².